The third kappa shape index (κ3) is 6.32. The van der Waals surface area contributed by atoms with Crippen LogP contribution in [0.2, 0.25) is 0 Å². The number of hydrogen-bond acceptors (Lipinski definition) is 7. The van der Waals surface area contributed by atoms with E-state index in [1.54, 1.807) is 30.3 Å². The van der Waals surface area contributed by atoms with Gasteiger partial charge in [0, 0.05) is 11.3 Å². The molecule has 0 spiro atoms. The van der Waals surface area contributed by atoms with Crippen LogP contribution in [0.3, 0.4) is 0 Å². The number of benzene rings is 3. The van der Waals surface area contributed by atoms with Gasteiger partial charge >= 0.3 is 0 Å². The number of carbonyl (C=O) groups is 3. The second-order valence-corrected chi connectivity index (χ2v) is 10.1. The molecule has 38 heavy (non-hydrogen) atoms. The topological polar surface area (TPSA) is 109 Å². The average molecular weight is 643 g/mol. The molecule has 1 aliphatic rings. The van der Waals surface area contributed by atoms with Gasteiger partial charge in [-0.05, 0) is 88.5 Å². The fourth-order valence-electron chi connectivity index (χ4n) is 3.53. The molecule has 1 heterocycles. The Labute approximate surface area is 235 Å². The van der Waals surface area contributed by atoms with Gasteiger partial charge < -0.3 is 14.8 Å². The summed E-state index contributed by atoms with van der Waals surface area (Å²) in [5, 5.41) is 11.3. The number of methoxy groups -OCH3 is 1. The van der Waals surface area contributed by atoms with Crippen molar-refractivity contribution in [2.45, 2.75) is 6.61 Å². The van der Waals surface area contributed by atoms with Gasteiger partial charge in [-0.1, -0.05) is 18.2 Å². The number of thioether (sulfide) groups is 1. The molecule has 4 rings (SSSR count). The molecule has 11 heteroatoms. The van der Waals surface area contributed by atoms with Crippen molar-refractivity contribution >= 4 is 63.2 Å². The molecule has 192 valence electrons. The van der Waals surface area contributed by atoms with Crippen LogP contribution in [0.5, 0.6) is 11.5 Å². The summed E-state index contributed by atoms with van der Waals surface area (Å²) in [5.41, 5.74) is 2.19. The number of carbonyl (C=O) groups excluding carboxylic acids is 3. The minimum Gasteiger partial charge on any atom is -0.493 e. The molecule has 3 amide bonds. The van der Waals surface area contributed by atoms with Crippen LogP contribution in [-0.4, -0.2) is 35.6 Å². The Morgan fingerprint density at radius 3 is 2.63 bits per heavy atom. The fraction of sp³-hybridized carbons (Fsp3) is 0.111. The highest BCUT2D eigenvalue weighted by molar-refractivity contribution is 14.1. The van der Waals surface area contributed by atoms with Gasteiger partial charge in [0.2, 0.25) is 5.91 Å². The second-order valence-electron chi connectivity index (χ2n) is 7.91. The lowest BCUT2D eigenvalue weighted by molar-refractivity contribution is -0.127. The van der Waals surface area contributed by atoms with Gasteiger partial charge in [0.05, 0.1) is 27.2 Å². The van der Waals surface area contributed by atoms with Crippen LogP contribution in [-0.2, 0) is 16.2 Å². The van der Waals surface area contributed by atoms with Crippen LogP contribution >= 0.6 is 34.4 Å². The Morgan fingerprint density at radius 2 is 1.92 bits per heavy atom. The van der Waals surface area contributed by atoms with Crippen molar-refractivity contribution in [3.05, 3.63) is 91.6 Å². The van der Waals surface area contributed by atoms with Crippen LogP contribution in [0.4, 0.5) is 14.9 Å². The maximum Gasteiger partial charge on any atom is 0.294 e. The summed E-state index contributed by atoms with van der Waals surface area (Å²) in [5.74, 6) is -0.749. The predicted molar refractivity (Wildman–Crippen MR) is 149 cm³/mol. The van der Waals surface area contributed by atoms with Crippen molar-refractivity contribution in [2.75, 3.05) is 19.0 Å². The van der Waals surface area contributed by atoms with Crippen molar-refractivity contribution < 1.29 is 28.2 Å². The molecular formula is C27H19FIN3O5S. The van der Waals surface area contributed by atoms with E-state index in [1.807, 2.05) is 12.1 Å². The highest BCUT2D eigenvalue weighted by Gasteiger charge is 2.36. The third-order valence-corrected chi connectivity index (χ3v) is 7.07. The lowest BCUT2D eigenvalue weighted by Crippen LogP contribution is -2.36. The van der Waals surface area contributed by atoms with Crippen LogP contribution in [0.15, 0.2) is 65.6 Å². The van der Waals surface area contributed by atoms with E-state index >= 15 is 0 Å². The molecule has 0 aromatic heterocycles. The number of nitrogens with one attached hydrogen (secondary N) is 1. The van der Waals surface area contributed by atoms with Gasteiger partial charge in [0.1, 0.15) is 19.0 Å². The minimum atomic E-state index is -0.600. The molecule has 3 aromatic carbocycles. The zero-order chi connectivity index (χ0) is 27.2. The standard InChI is InChI=1S/C27H19FIN3O5S/c1-36-22-11-16(10-21(29)25(22)37-15-18-5-3-2-4-17(18)13-30)12-23-26(34)32(27(35)38-23)14-24(33)31-20-8-6-19(28)7-9-20/h2-12H,14-15H2,1H3,(H,31,33)/b23-12-. The van der Waals surface area contributed by atoms with Crippen LogP contribution in [0.1, 0.15) is 16.7 Å². The van der Waals surface area contributed by atoms with Gasteiger partial charge in [-0.2, -0.15) is 5.26 Å². The van der Waals surface area contributed by atoms with Crippen molar-refractivity contribution in [3.8, 4) is 17.6 Å². The summed E-state index contributed by atoms with van der Waals surface area (Å²) in [4.78, 5) is 38.7. The Kier molecular flexibility index (Phi) is 8.65. The van der Waals surface area contributed by atoms with Crippen molar-refractivity contribution in [2.24, 2.45) is 0 Å². The molecule has 0 radical (unpaired) electrons. The van der Waals surface area contributed by atoms with Gasteiger partial charge in [-0.15, -0.1) is 0 Å². The van der Waals surface area contributed by atoms with E-state index in [0.717, 1.165) is 22.2 Å². The van der Waals surface area contributed by atoms with E-state index in [1.165, 1.54) is 31.4 Å². The summed E-state index contributed by atoms with van der Waals surface area (Å²) in [6.45, 7) is -0.314. The van der Waals surface area contributed by atoms with E-state index in [0.29, 0.717) is 31.9 Å². The zero-order valence-corrected chi connectivity index (χ0v) is 22.8. The summed E-state index contributed by atoms with van der Waals surface area (Å²) < 4.78 is 25.2. The van der Waals surface area contributed by atoms with Gasteiger partial charge in [0.15, 0.2) is 11.5 Å². The smallest absolute Gasteiger partial charge is 0.294 e. The number of nitriles is 1. The average Bonchev–Trinajstić information content (AvgIpc) is 3.16. The van der Waals surface area contributed by atoms with Crippen molar-refractivity contribution in [1.82, 2.24) is 4.90 Å². The minimum absolute atomic E-state index is 0.152. The summed E-state index contributed by atoms with van der Waals surface area (Å²) in [6.07, 6.45) is 1.54. The first kappa shape index (κ1) is 27.2. The first-order chi connectivity index (χ1) is 18.3. The maximum atomic E-state index is 13.1. The van der Waals surface area contributed by atoms with Crippen LogP contribution < -0.4 is 14.8 Å². The van der Waals surface area contributed by atoms with Gasteiger partial charge in [0.25, 0.3) is 11.1 Å². The van der Waals surface area contributed by atoms with E-state index in [4.69, 9.17) is 9.47 Å². The molecular weight excluding hydrogens is 624 g/mol. The number of amides is 3. The zero-order valence-electron chi connectivity index (χ0n) is 19.9. The number of hydrogen-bond donors (Lipinski definition) is 1. The Morgan fingerprint density at radius 1 is 1.18 bits per heavy atom. The molecule has 0 saturated carbocycles. The Hall–Kier alpha value is -3.89. The number of anilines is 1. The highest BCUT2D eigenvalue weighted by atomic mass is 127. The predicted octanol–water partition coefficient (Wildman–Crippen LogP) is 5.56. The number of imide groups is 1. The molecule has 0 aliphatic carbocycles. The second kappa shape index (κ2) is 12.1. The number of ether oxygens (including phenoxy) is 2. The quantitative estimate of drug-likeness (QED) is 0.253. The lowest BCUT2D eigenvalue weighted by atomic mass is 10.1. The molecule has 3 aromatic rings. The number of halogens is 2. The summed E-state index contributed by atoms with van der Waals surface area (Å²) in [6, 6.07) is 17.8. The van der Waals surface area contributed by atoms with Crippen LogP contribution in [0.25, 0.3) is 6.08 Å². The normalized spacial score (nSPS) is 13.9. The molecule has 1 saturated heterocycles. The van der Waals surface area contributed by atoms with E-state index in [9.17, 15) is 24.0 Å². The summed E-state index contributed by atoms with van der Waals surface area (Å²) in [7, 11) is 1.49. The van der Waals surface area contributed by atoms with Crippen LogP contribution in [0, 0.1) is 20.7 Å². The third-order valence-electron chi connectivity index (χ3n) is 5.36. The van der Waals surface area contributed by atoms with Gasteiger partial charge in [-0.25, -0.2) is 4.39 Å². The first-order valence-corrected chi connectivity index (χ1v) is 13.0. The maximum absolute atomic E-state index is 13.1. The molecule has 1 aliphatic heterocycles. The first-order valence-electron chi connectivity index (χ1n) is 11.1. The van der Waals surface area contributed by atoms with E-state index in [2.05, 4.69) is 34.0 Å². The Bertz CT molecular complexity index is 1490. The molecule has 0 bridgehead atoms. The van der Waals surface area contributed by atoms with E-state index < -0.39 is 29.4 Å². The van der Waals surface area contributed by atoms with Gasteiger partial charge in [-0.3, -0.25) is 19.3 Å². The molecule has 0 unspecified atom stereocenters. The van der Waals surface area contributed by atoms with E-state index in [-0.39, 0.29) is 11.5 Å². The molecule has 8 nitrogen and oxygen atoms in total. The Balaban J connectivity index is 1.48. The highest BCUT2D eigenvalue weighted by Crippen LogP contribution is 2.37. The van der Waals surface area contributed by atoms with Crippen molar-refractivity contribution in [1.29, 1.82) is 5.26 Å². The monoisotopic (exact) mass is 643 g/mol. The fourth-order valence-corrected chi connectivity index (χ4v) is 5.15. The SMILES string of the molecule is COc1cc(/C=C2\SC(=O)N(CC(=O)Nc3ccc(F)cc3)C2=O)cc(I)c1OCc1ccccc1C#N. The summed E-state index contributed by atoms with van der Waals surface area (Å²) >= 11 is 2.81. The molecule has 1 fully saturated rings. The number of rotatable bonds is 8. The molecule has 0 atom stereocenters. The number of nitrogens with zero attached hydrogens (tertiary/aromatic N) is 2. The lowest BCUT2D eigenvalue weighted by Gasteiger charge is -2.14. The largest absolute Gasteiger partial charge is 0.493 e. The van der Waals surface area contributed by atoms with Crippen molar-refractivity contribution in [3.63, 3.8) is 0 Å². The molecule has 1 N–H and O–H groups in total.